The first-order valence-corrected chi connectivity index (χ1v) is 30.7. The van der Waals surface area contributed by atoms with Gasteiger partial charge in [-0.05, 0) is 103 Å². The lowest BCUT2D eigenvalue weighted by molar-refractivity contribution is -0.167. The fraction of sp³-hybridized carbons (Fsp3) is 0.716. The molecule has 1 atom stereocenters. The van der Waals surface area contributed by atoms with Crippen LogP contribution in [0.4, 0.5) is 0 Å². The first-order chi connectivity index (χ1) is 36.0. The topological polar surface area (TPSA) is 78.9 Å². The minimum atomic E-state index is -0.791. The molecule has 0 aromatic heterocycles. The summed E-state index contributed by atoms with van der Waals surface area (Å²) in [5.41, 5.74) is 0. The maximum atomic E-state index is 12.9. The van der Waals surface area contributed by atoms with Crippen molar-refractivity contribution in [2.75, 3.05) is 13.2 Å². The predicted octanol–water partition coefficient (Wildman–Crippen LogP) is 20.9. The number of esters is 3. The summed E-state index contributed by atoms with van der Waals surface area (Å²) in [7, 11) is 0. The third kappa shape index (κ3) is 59.1. The Morgan fingerprint density at radius 1 is 0.288 bits per heavy atom. The number of carbonyl (C=O) groups is 3. The zero-order valence-electron chi connectivity index (χ0n) is 47.9. The van der Waals surface area contributed by atoms with Crippen LogP contribution in [0.1, 0.15) is 290 Å². The minimum Gasteiger partial charge on any atom is -0.462 e. The second-order valence-corrected chi connectivity index (χ2v) is 20.2. The molecular formula is C67H114O6. The highest BCUT2D eigenvalue weighted by atomic mass is 16.6. The zero-order valence-corrected chi connectivity index (χ0v) is 47.9. The van der Waals surface area contributed by atoms with E-state index in [1.807, 2.05) is 0 Å². The van der Waals surface area contributed by atoms with Crippen LogP contribution in [0.25, 0.3) is 0 Å². The summed E-state index contributed by atoms with van der Waals surface area (Å²) >= 11 is 0. The van der Waals surface area contributed by atoms with E-state index >= 15 is 0 Å². The molecular weight excluding hydrogens is 901 g/mol. The summed E-state index contributed by atoms with van der Waals surface area (Å²) in [5.74, 6) is -0.907. The van der Waals surface area contributed by atoms with E-state index in [0.29, 0.717) is 19.3 Å². The van der Waals surface area contributed by atoms with Crippen molar-refractivity contribution in [2.24, 2.45) is 0 Å². The van der Waals surface area contributed by atoms with E-state index in [1.165, 1.54) is 116 Å². The van der Waals surface area contributed by atoms with Gasteiger partial charge in [-0.3, -0.25) is 14.4 Å². The number of unbranched alkanes of at least 4 members (excludes halogenated alkanes) is 28. The Kier molecular flexibility index (Phi) is 57.8. The molecule has 0 aromatic rings. The summed E-state index contributed by atoms with van der Waals surface area (Å²) in [6, 6.07) is 0. The van der Waals surface area contributed by atoms with Crippen LogP contribution in [0.5, 0.6) is 0 Å². The second-order valence-electron chi connectivity index (χ2n) is 20.2. The van der Waals surface area contributed by atoms with Gasteiger partial charge in [-0.1, -0.05) is 266 Å². The molecule has 0 amide bonds. The Morgan fingerprint density at radius 2 is 0.534 bits per heavy atom. The summed E-state index contributed by atoms with van der Waals surface area (Å²) < 4.78 is 16.9. The van der Waals surface area contributed by atoms with Crippen molar-refractivity contribution in [3.05, 3.63) is 97.2 Å². The Hall–Kier alpha value is -3.67. The standard InChI is InChI=1S/C67H114O6/c1-4-7-10-13-16-19-22-25-28-30-31-32-33-34-35-36-37-38-40-42-45-48-51-54-57-60-66(69)72-63-64(62-71-65(68)59-56-53-50-47-44-41-27-24-21-18-15-12-9-6-3)73-67(70)61-58-55-52-49-46-43-39-29-26-23-20-17-14-11-8-5-2/h7,10,16,19-20,23,25,28-29,31-32,34-35,37-39,64H,4-6,8-9,11-15,17-18,21-22,24,26-27,30,33,36,40-63H2,1-3H3/b10-7-,19-16-,23-20-,28-25-,32-31-,35-34-,38-37-,39-29-. The van der Waals surface area contributed by atoms with Gasteiger partial charge in [0.1, 0.15) is 13.2 Å². The van der Waals surface area contributed by atoms with Crippen LogP contribution in [-0.4, -0.2) is 37.2 Å². The van der Waals surface area contributed by atoms with Crippen molar-refractivity contribution in [2.45, 2.75) is 297 Å². The van der Waals surface area contributed by atoms with Crippen LogP contribution in [0, 0.1) is 0 Å². The summed E-state index contributed by atoms with van der Waals surface area (Å²) in [6.07, 6.45) is 81.1. The van der Waals surface area contributed by atoms with Gasteiger partial charge in [-0.25, -0.2) is 0 Å². The fourth-order valence-electron chi connectivity index (χ4n) is 8.48. The number of allylic oxidation sites excluding steroid dienone is 16. The highest BCUT2D eigenvalue weighted by Crippen LogP contribution is 2.16. The SMILES string of the molecule is CC/C=C\C/C=C\C/C=C\C/C=C\C/C=C\C/C=C\CCCCCCCCC(=O)OCC(COC(=O)CCCCCCCCCCCCCCCC)OC(=O)CCCCCCC/C=C\C/C=C\CCCCCC. The van der Waals surface area contributed by atoms with Crippen LogP contribution < -0.4 is 0 Å². The van der Waals surface area contributed by atoms with Crippen molar-refractivity contribution in [3.8, 4) is 0 Å². The lowest BCUT2D eigenvalue weighted by atomic mass is 10.0. The van der Waals surface area contributed by atoms with Crippen molar-refractivity contribution >= 4 is 17.9 Å². The Balaban J connectivity index is 4.39. The van der Waals surface area contributed by atoms with Gasteiger partial charge in [0, 0.05) is 19.3 Å². The lowest BCUT2D eigenvalue weighted by Gasteiger charge is -2.18. The third-order valence-corrected chi connectivity index (χ3v) is 13.1. The van der Waals surface area contributed by atoms with Crippen molar-refractivity contribution in [3.63, 3.8) is 0 Å². The Morgan fingerprint density at radius 3 is 0.849 bits per heavy atom. The normalized spacial score (nSPS) is 12.8. The first-order valence-electron chi connectivity index (χ1n) is 30.7. The van der Waals surface area contributed by atoms with Gasteiger partial charge in [-0.2, -0.15) is 0 Å². The van der Waals surface area contributed by atoms with E-state index in [0.717, 1.165) is 135 Å². The zero-order chi connectivity index (χ0) is 52.9. The molecule has 0 rings (SSSR count). The number of ether oxygens (including phenoxy) is 3. The summed E-state index contributed by atoms with van der Waals surface area (Å²) in [5, 5.41) is 0. The molecule has 0 aliphatic heterocycles. The molecule has 418 valence electrons. The molecule has 6 nitrogen and oxygen atoms in total. The van der Waals surface area contributed by atoms with Crippen LogP contribution >= 0.6 is 0 Å². The van der Waals surface area contributed by atoms with Gasteiger partial charge >= 0.3 is 17.9 Å². The van der Waals surface area contributed by atoms with Gasteiger partial charge in [0.05, 0.1) is 0 Å². The van der Waals surface area contributed by atoms with Gasteiger partial charge in [-0.15, -0.1) is 0 Å². The molecule has 0 aliphatic carbocycles. The van der Waals surface area contributed by atoms with Crippen molar-refractivity contribution in [1.29, 1.82) is 0 Å². The third-order valence-electron chi connectivity index (χ3n) is 13.1. The van der Waals surface area contributed by atoms with Gasteiger partial charge in [0.2, 0.25) is 0 Å². The predicted molar refractivity (Wildman–Crippen MR) is 316 cm³/mol. The quantitative estimate of drug-likeness (QED) is 0.0261. The first kappa shape index (κ1) is 69.3. The molecule has 6 heteroatoms. The van der Waals surface area contributed by atoms with Gasteiger partial charge in [0.25, 0.3) is 0 Å². The maximum Gasteiger partial charge on any atom is 0.306 e. The monoisotopic (exact) mass is 1010 g/mol. The molecule has 0 heterocycles. The minimum absolute atomic E-state index is 0.0860. The van der Waals surface area contributed by atoms with E-state index in [-0.39, 0.29) is 31.1 Å². The van der Waals surface area contributed by atoms with E-state index in [2.05, 4.69) is 118 Å². The average molecular weight is 1020 g/mol. The maximum absolute atomic E-state index is 12.9. The summed E-state index contributed by atoms with van der Waals surface area (Å²) in [4.78, 5) is 38.2. The van der Waals surface area contributed by atoms with E-state index in [1.54, 1.807) is 0 Å². The van der Waals surface area contributed by atoms with E-state index in [4.69, 9.17) is 14.2 Å². The molecule has 0 saturated heterocycles. The molecule has 0 radical (unpaired) electrons. The van der Waals surface area contributed by atoms with Gasteiger partial charge < -0.3 is 14.2 Å². The molecule has 0 fully saturated rings. The molecule has 0 aliphatic rings. The number of rotatable bonds is 55. The van der Waals surface area contributed by atoms with Crippen molar-refractivity contribution < 1.29 is 28.6 Å². The van der Waals surface area contributed by atoms with Gasteiger partial charge in [0.15, 0.2) is 6.10 Å². The van der Waals surface area contributed by atoms with Crippen LogP contribution in [-0.2, 0) is 28.6 Å². The second kappa shape index (κ2) is 60.9. The molecule has 0 bridgehead atoms. The van der Waals surface area contributed by atoms with Crippen LogP contribution in [0.15, 0.2) is 97.2 Å². The molecule has 0 aromatic carbocycles. The molecule has 0 spiro atoms. The van der Waals surface area contributed by atoms with E-state index < -0.39 is 6.10 Å². The largest absolute Gasteiger partial charge is 0.462 e. The average Bonchev–Trinajstić information content (AvgIpc) is 3.39. The number of hydrogen-bond acceptors (Lipinski definition) is 6. The van der Waals surface area contributed by atoms with Crippen LogP contribution in [0.3, 0.4) is 0 Å². The lowest BCUT2D eigenvalue weighted by Crippen LogP contribution is -2.30. The highest BCUT2D eigenvalue weighted by molar-refractivity contribution is 5.71. The molecule has 1 unspecified atom stereocenters. The number of hydrogen-bond donors (Lipinski definition) is 0. The summed E-state index contributed by atoms with van der Waals surface area (Å²) in [6.45, 7) is 6.50. The highest BCUT2D eigenvalue weighted by Gasteiger charge is 2.19. The fourth-order valence-corrected chi connectivity index (χ4v) is 8.48. The Labute approximate surface area is 451 Å². The van der Waals surface area contributed by atoms with Crippen LogP contribution in [0.2, 0.25) is 0 Å². The number of carbonyl (C=O) groups excluding carboxylic acids is 3. The molecule has 73 heavy (non-hydrogen) atoms. The van der Waals surface area contributed by atoms with Crippen molar-refractivity contribution in [1.82, 2.24) is 0 Å². The smallest absolute Gasteiger partial charge is 0.306 e. The molecule has 0 N–H and O–H groups in total. The Bertz CT molecular complexity index is 1440. The molecule has 0 saturated carbocycles. The van der Waals surface area contributed by atoms with E-state index in [9.17, 15) is 14.4 Å².